The number of nitrogens with zero attached hydrogens (tertiary/aromatic N) is 2. The van der Waals surface area contributed by atoms with E-state index in [2.05, 4.69) is 44.7 Å². The topological polar surface area (TPSA) is 44.0 Å². The highest BCUT2D eigenvalue weighted by Crippen LogP contribution is 2.35. The molecule has 4 rings (SSSR count). The van der Waals surface area contributed by atoms with Crippen molar-refractivity contribution in [1.29, 1.82) is 0 Å². The van der Waals surface area contributed by atoms with Crippen molar-refractivity contribution in [3.8, 4) is 0 Å². The Morgan fingerprint density at radius 3 is 3.00 bits per heavy atom. The molecule has 0 bridgehead atoms. The minimum absolute atomic E-state index is 0.661. The van der Waals surface area contributed by atoms with Crippen LogP contribution < -0.4 is 10.2 Å². The lowest BCUT2D eigenvalue weighted by atomic mass is 10.1. The highest BCUT2D eigenvalue weighted by Gasteiger charge is 2.34. The van der Waals surface area contributed by atoms with E-state index in [-0.39, 0.29) is 0 Å². The third kappa shape index (κ3) is 1.68. The van der Waals surface area contributed by atoms with Crippen molar-refractivity contribution in [2.45, 2.75) is 18.9 Å². The molecule has 18 heavy (non-hydrogen) atoms. The Bertz CT molecular complexity index is 558. The van der Waals surface area contributed by atoms with Gasteiger partial charge in [0.2, 0.25) is 0 Å². The minimum Gasteiger partial charge on any atom is -0.352 e. The Hall–Kier alpha value is -1.55. The molecule has 0 amide bonds. The van der Waals surface area contributed by atoms with Crippen molar-refractivity contribution < 1.29 is 0 Å². The summed E-state index contributed by atoms with van der Waals surface area (Å²) in [5.74, 6) is 2.02. The zero-order chi connectivity index (χ0) is 11.9. The number of para-hydroxylation sites is 1. The standard InChI is InChI=1S/C14H18N4/c1-2-4-12-11(3-1)14(17-16-12)18-8-7-15-13(9-18)10-5-6-10/h1-4,10,13,15H,5-9H2,(H,16,17)/t13-/m1/s1. The van der Waals surface area contributed by atoms with Gasteiger partial charge in [-0.25, -0.2) is 0 Å². The van der Waals surface area contributed by atoms with Crippen LogP contribution in [0.3, 0.4) is 0 Å². The van der Waals surface area contributed by atoms with E-state index in [4.69, 9.17) is 0 Å². The third-order valence-electron chi connectivity index (χ3n) is 4.15. The monoisotopic (exact) mass is 242 g/mol. The number of hydrogen-bond donors (Lipinski definition) is 2. The molecular formula is C14H18N4. The smallest absolute Gasteiger partial charge is 0.158 e. The van der Waals surface area contributed by atoms with E-state index in [0.29, 0.717) is 6.04 Å². The molecule has 2 heterocycles. The SMILES string of the molecule is c1ccc2c(N3CCN[C@@H](C4CC4)C3)n[nH]c2c1. The number of piperazine rings is 1. The number of aromatic nitrogens is 2. The van der Waals surface area contributed by atoms with Gasteiger partial charge in [-0.15, -0.1) is 0 Å². The lowest BCUT2D eigenvalue weighted by Gasteiger charge is -2.34. The Morgan fingerprint density at radius 1 is 1.22 bits per heavy atom. The van der Waals surface area contributed by atoms with Crippen molar-refractivity contribution in [1.82, 2.24) is 15.5 Å². The maximum Gasteiger partial charge on any atom is 0.158 e. The van der Waals surface area contributed by atoms with Gasteiger partial charge in [0, 0.05) is 31.1 Å². The quantitative estimate of drug-likeness (QED) is 0.843. The molecule has 2 aliphatic rings. The molecule has 1 atom stereocenters. The normalized spacial score (nSPS) is 24.7. The molecule has 2 aromatic rings. The average Bonchev–Trinajstić information content (AvgIpc) is 3.19. The van der Waals surface area contributed by atoms with Crippen LogP contribution >= 0.6 is 0 Å². The molecule has 4 heteroatoms. The van der Waals surface area contributed by atoms with Crippen molar-refractivity contribution in [3.05, 3.63) is 24.3 Å². The second-order valence-corrected chi connectivity index (χ2v) is 5.44. The van der Waals surface area contributed by atoms with Crippen LogP contribution in [-0.2, 0) is 0 Å². The number of fused-ring (bicyclic) bond motifs is 1. The molecule has 94 valence electrons. The van der Waals surface area contributed by atoms with E-state index in [1.807, 2.05) is 0 Å². The van der Waals surface area contributed by atoms with Crippen molar-refractivity contribution in [3.63, 3.8) is 0 Å². The largest absolute Gasteiger partial charge is 0.352 e. The minimum atomic E-state index is 0.661. The summed E-state index contributed by atoms with van der Waals surface area (Å²) in [5, 5.41) is 12.5. The molecule has 0 radical (unpaired) electrons. The first-order valence-corrected chi connectivity index (χ1v) is 6.83. The van der Waals surface area contributed by atoms with Gasteiger partial charge in [0.05, 0.1) is 5.52 Å². The van der Waals surface area contributed by atoms with Crippen LogP contribution in [-0.4, -0.2) is 35.9 Å². The number of rotatable bonds is 2. The van der Waals surface area contributed by atoms with E-state index in [1.165, 1.54) is 18.2 Å². The molecule has 1 aromatic carbocycles. The summed E-state index contributed by atoms with van der Waals surface area (Å²) in [6.07, 6.45) is 2.79. The maximum atomic E-state index is 4.51. The Morgan fingerprint density at radius 2 is 2.11 bits per heavy atom. The fourth-order valence-corrected chi connectivity index (χ4v) is 2.97. The Balaban J connectivity index is 1.65. The van der Waals surface area contributed by atoms with E-state index in [9.17, 15) is 0 Å². The van der Waals surface area contributed by atoms with Crippen LogP contribution in [0.5, 0.6) is 0 Å². The van der Waals surface area contributed by atoms with Gasteiger partial charge in [0.1, 0.15) is 0 Å². The second-order valence-electron chi connectivity index (χ2n) is 5.44. The van der Waals surface area contributed by atoms with E-state index < -0.39 is 0 Å². The Kier molecular flexibility index (Phi) is 2.30. The molecule has 1 aliphatic heterocycles. The molecular weight excluding hydrogens is 224 g/mol. The first-order chi connectivity index (χ1) is 8.92. The lowest BCUT2D eigenvalue weighted by molar-refractivity contribution is 0.417. The molecule has 0 unspecified atom stereocenters. The van der Waals surface area contributed by atoms with Crippen LogP contribution in [0.1, 0.15) is 12.8 Å². The van der Waals surface area contributed by atoms with Crippen LogP contribution in [0.2, 0.25) is 0 Å². The highest BCUT2D eigenvalue weighted by atomic mass is 15.3. The second kappa shape index (κ2) is 3.99. The predicted octanol–water partition coefficient (Wildman–Crippen LogP) is 1.75. The van der Waals surface area contributed by atoms with Gasteiger partial charge < -0.3 is 10.2 Å². The third-order valence-corrected chi connectivity index (χ3v) is 4.15. The lowest BCUT2D eigenvalue weighted by Crippen LogP contribution is -2.52. The van der Waals surface area contributed by atoms with Gasteiger partial charge in [0.25, 0.3) is 0 Å². The number of anilines is 1. The molecule has 1 aromatic heterocycles. The van der Waals surface area contributed by atoms with Gasteiger partial charge in [0.15, 0.2) is 5.82 Å². The van der Waals surface area contributed by atoms with Crippen LogP contribution in [0.4, 0.5) is 5.82 Å². The first-order valence-electron chi connectivity index (χ1n) is 6.83. The number of benzene rings is 1. The molecule has 1 aliphatic carbocycles. The van der Waals surface area contributed by atoms with Gasteiger partial charge in [-0.3, -0.25) is 5.10 Å². The summed E-state index contributed by atoms with van der Waals surface area (Å²) >= 11 is 0. The molecule has 2 N–H and O–H groups in total. The summed E-state index contributed by atoms with van der Waals surface area (Å²) in [7, 11) is 0. The molecule has 2 fully saturated rings. The number of hydrogen-bond acceptors (Lipinski definition) is 3. The zero-order valence-corrected chi connectivity index (χ0v) is 10.4. The van der Waals surface area contributed by atoms with E-state index in [1.54, 1.807) is 0 Å². The summed E-state index contributed by atoms with van der Waals surface area (Å²) in [6.45, 7) is 3.22. The molecule has 4 nitrogen and oxygen atoms in total. The number of nitrogens with one attached hydrogen (secondary N) is 2. The predicted molar refractivity (Wildman–Crippen MR) is 72.8 cm³/mol. The fraction of sp³-hybridized carbons (Fsp3) is 0.500. The molecule has 1 saturated carbocycles. The van der Waals surface area contributed by atoms with Crippen LogP contribution in [0.25, 0.3) is 10.9 Å². The average molecular weight is 242 g/mol. The number of H-pyrrole nitrogens is 1. The van der Waals surface area contributed by atoms with Gasteiger partial charge >= 0.3 is 0 Å². The van der Waals surface area contributed by atoms with Crippen molar-refractivity contribution >= 4 is 16.7 Å². The molecule has 1 saturated heterocycles. The highest BCUT2D eigenvalue weighted by molar-refractivity contribution is 5.90. The first kappa shape index (κ1) is 10.4. The van der Waals surface area contributed by atoms with Crippen molar-refractivity contribution in [2.75, 3.05) is 24.5 Å². The van der Waals surface area contributed by atoms with Gasteiger partial charge in [-0.05, 0) is 30.9 Å². The summed E-state index contributed by atoms with van der Waals surface area (Å²) in [4.78, 5) is 2.43. The van der Waals surface area contributed by atoms with E-state index in [0.717, 1.165) is 36.9 Å². The summed E-state index contributed by atoms with van der Waals surface area (Å²) in [6, 6.07) is 9.04. The Labute approximate surface area is 106 Å². The fourth-order valence-electron chi connectivity index (χ4n) is 2.97. The van der Waals surface area contributed by atoms with Crippen LogP contribution in [0, 0.1) is 5.92 Å². The van der Waals surface area contributed by atoms with Crippen molar-refractivity contribution in [2.24, 2.45) is 5.92 Å². The molecule has 0 spiro atoms. The summed E-state index contributed by atoms with van der Waals surface area (Å²) in [5.41, 5.74) is 1.13. The van der Waals surface area contributed by atoms with Gasteiger partial charge in [-0.1, -0.05) is 12.1 Å². The summed E-state index contributed by atoms with van der Waals surface area (Å²) < 4.78 is 0. The van der Waals surface area contributed by atoms with Crippen LogP contribution in [0.15, 0.2) is 24.3 Å². The number of aromatic amines is 1. The zero-order valence-electron chi connectivity index (χ0n) is 10.4. The van der Waals surface area contributed by atoms with Gasteiger partial charge in [-0.2, -0.15) is 5.10 Å². The maximum absolute atomic E-state index is 4.51. The van der Waals surface area contributed by atoms with E-state index >= 15 is 0 Å².